The molecule has 1 aliphatic carbocycles. The lowest BCUT2D eigenvalue weighted by Gasteiger charge is -2.25. The highest BCUT2D eigenvalue weighted by atomic mass is 15.6. The maximum atomic E-state index is 4.51. The van der Waals surface area contributed by atoms with E-state index in [1.54, 1.807) is 0 Å². The van der Waals surface area contributed by atoms with Crippen LogP contribution < -0.4 is 5.01 Å². The van der Waals surface area contributed by atoms with Gasteiger partial charge < -0.3 is 0 Å². The van der Waals surface area contributed by atoms with Crippen LogP contribution in [-0.2, 0) is 0 Å². The smallest absolute Gasteiger partial charge is 0.0954 e. The molecule has 0 amide bonds. The summed E-state index contributed by atoms with van der Waals surface area (Å²) < 4.78 is 0. The minimum Gasteiger partial charge on any atom is -0.242 e. The summed E-state index contributed by atoms with van der Waals surface area (Å²) in [5, 5.41) is 11.1. The SMILES string of the molecule is c1ccc(N2N=NC3CCCCCCCC32)cc1. The van der Waals surface area contributed by atoms with Crippen molar-refractivity contribution in [1.82, 2.24) is 0 Å². The molecule has 0 spiro atoms. The van der Waals surface area contributed by atoms with E-state index in [2.05, 4.69) is 45.7 Å². The molecule has 3 nitrogen and oxygen atoms in total. The highest BCUT2D eigenvalue weighted by Crippen LogP contribution is 2.32. The van der Waals surface area contributed by atoms with Gasteiger partial charge in [0.1, 0.15) is 0 Å². The van der Waals surface area contributed by atoms with Crippen LogP contribution in [-0.4, -0.2) is 12.1 Å². The highest BCUT2D eigenvalue weighted by molar-refractivity contribution is 5.47. The van der Waals surface area contributed by atoms with E-state index in [0.717, 1.165) is 0 Å². The van der Waals surface area contributed by atoms with Gasteiger partial charge in [-0.3, -0.25) is 0 Å². The molecule has 2 unspecified atom stereocenters. The molecule has 2 aliphatic rings. The number of anilines is 1. The van der Waals surface area contributed by atoms with Gasteiger partial charge in [-0.1, -0.05) is 55.5 Å². The first kappa shape index (κ1) is 11.7. The van der Waals surface area contributed by atoms with Crippen molar-refractivity contribution in [2.45, 2.75) is 57.0 Å². The molecule has 1 aromatic rings. The minimum absolute atomic E-state index is 0.420. The van der Waals surface area contributed by atoms with Crippen molar-refractivity contribution in [2.24, 2.45) is 10.3 Å². The molecule has 1 saturated carbocycles. The summed E-state index contributed by atoms with van der Waals surface area (Å²) in [7, 11) is 0. The van der Waals surface area contributed by atoms with Crippen molar-refractivity contribution in [3.05, 3.63) is 30.3 Å². The third-order valence-corrected chi connectivity index (χ3v) is 4.08. The number of hydrogen-bond donors (Lipinski definition) is 0. The normalized spacial score (nSPS) is 28.3. The summed E-state index contributed by atoms with van der Waals surface area (Å²) in [5.74, 6) is 0. The molecular weight excluding hydrogens is 222 g/mol. The molecule has 1 aliphatic heterocycles. The Labute approximate surface area is 109 Å². The van der Waals surface area contributed by atoms with E-state index >= 15 is 0 Å². The molecule has 1 fully saturated rings. The lowest BCUT2D eigenvalue weighted by Crippen LogP contribution is -2.34. The lowest BCUT2D eigenvalue weighted by atomic mass is 9.99. The summed E-state index contributed by atoms with van der Waals surface area (Å²) >= 11 is 0. The van der Waals surface area contributed by atoms with Gasteiger partial charge in [0.2, 0.25) is 0 Å². The average Bonchev–Trinajstić information content (AvgIpc) is 2.84. The van der Waals surface area contributed by atoms with Crippen LogP contribution in [0.3, 0.4) is 0 Å². The first-order chi connectivity index (χ1) is 8.95. The number of para-hydroxylation sites is 1. The molecule has 0 aromatic heterocycles. The van der Waals surface area contributed by atoms with E-state index in [-0.39, 0.29) is 0 Å². The van der Waals surface area contributed by atoms with Crippen LogP contribution in [0.5, 0.6) is 0 Å². The summed E-state index contributed by atoms with van der Waals surface area (Å²) in [6, 6.07) is 11.4. The molecule has 3 rings (SSSR count). The van der Waals surface area contributed by atoms with Crippen LogP contribution in [0.15, 0.2) is 40.7 Å². The van der Waals surface area contributed by atoms with Crippen molar-refractivity contribution >= 4 is 5.69 Å². The molecule has 18 heavy (non-hydrogen) atoms. The maximum absolute atomic E-state index is 4.51. The van der Waals surface area contributed by atoms with Crippen LogP contribution >= 0.6 is 0 Å². The van der Waals surface area contributed by atoms with Gasteiger partial charge in [0.05, 0.1) is 17.8 Å². The monoisotopic (exact) mass is 243 g/mol. The Morgan fingerprint density at radius 2 is 1.61 bits per heavy atom. The number of rotatable bonds is 1. The Hall–Kier alpha value is -1.38. The van der Waals surface area contributed by atoms with Crippen molar-refractivity contribution < 1.29 is 0 Å². The van der Waals surface area contributed by atoms with E-state index < -0.39 is 0 Å². The predicted molar refractivity (Wildman–Crippen MR) is 73.7 cm³/mol. The predicted octanol–water partition coefficient (Wildman–Crippen LogP) is 4.36. The Kier molecular flexibility index (Phi) is 3.58. The third kappa shape index (κ3) is 2.40. The average molecular weight is 243 g/mol. The molecule has 3 heteroatoms. The topological polar surface area (TPSA) is 28.0 Å². The van der Waals surface area contributed by atoms with Gasteiger partial charge in [0.15, 0.2) is 0 Å². The standard InChI is InChI=1S/C15H21N3/c1-2-7-11-14-15(12-8-3-1)18(17-16-14)13-9-5-4-6-10-13/h4-6,9-10,14-15H,1-3,7-8,11-12H2. The van der Waals surface area contributed by atoms with Crippen molar-refractivity contribution in [3.8, 4) is 0 Å². The molecule has 1 heterocycles. The fourth-order valence-electron chi connectivity index (χ4n) is 3.05. The molecule has 0 radical (unpaired) electrons. The second-order valence-electron chi connectivity index (χ2n) is 5.36. The molecule has 0 N–H and O–H groups in total. The second-order valence-corrected chi connectivity index (χ2v) is 5.36. The Morgan fingerprint density at radius 3 is 2.44 bits per heavy atom. The molecule has 0 bridgehead atoms. The largest absolute Gasteiger partial charge is 0.242 e. The first-order valence-corrected chi connectivity index (χ1v) is 7.20. The molecular formula is C15H21N3. The zero-order valence-corrected chi connectivity index (χ0v) is 10.8. The van der Waals surface area contributed by atoms with Gasteiger partial charge >= 0.3 is 0 Å². The highest BCUT2D eigenvalue weighted by Gasteiger charge is 2.32. The van der Waals surface area contributed by atoms with E-state index in [4.69, 9.17) is 0 Å². The van der Waals surface area contributed by atoms with Gasteiger partial charge in [-0.05, 0) is 25.0 Å². The Morgan fingerprint density at radius 1 is 0.889 bits per heavy atom. The Balaban J connectivity index is 1.78. The zero-order chi connectivity index (χ0) is 12.2. The molecule has 96 valence electrons. The van der Waals surface area contributed by atoms with Crippen LogP contribution in [0.4, 0.5) is 5.69 Å². The number of nitrogens with zero attached hydrogens (tertiary/aromatic N) is 3. The van der Waals surface area contributed by atoms with Crippen LogP contribution in [0.25, 0.3) is 0 Å². The summed E-state index contributed by atoms with van der Waals surface area (Å²) in [5.41, 5.74) is 1.19. The van der Waals surface area contributed by atoms with Gasteiger partial charge in [0, 0.05) is 0 Å². The number of fused-ring (bicyclic) bond motifs is 1. The van der Waals surface area contributed by atoms with Gasteiger partial charge in [-0.15, -0.1) is 0 Å². The molecule has 1 aromatic carbocycles. The van der Waals surface area contributed by atoms with Crippen molar-refractivity contribution in [1.29, 1.82) is 0 Å². The number of benzene rings is 1. The van der Waals surface area contributed by atoms with E-state index in [1.165, 1.54) is 50.6 Å². The van der Waals surface area contributed by atoms with Crippen LogP contribution in [0.2, 0.25) is 0 Å². The second kappa shape index (κ2) is 5.51. The van der Waals surface area contributed by atoms with Gasteiger partial charge in [0.25, 0.3) is 0 Å². The van der Waals surface area contributed by atoms with Crippen molar-refractivity contribution in [3.63, 3.8) is 0 Å². The van der Waals surface area contributed by atoms with Crippen LogP contribution in [0, 0.1) is 0 Å². The summed E-state index contributed by atoms with van der Waals surface area (Å²) in [6.45, 7) is 0. The fraction of sp³-hybridized carbons (Fsp3) is 0.600. The van der Waals surface area contributed by atoms with E-state index in [9.17, 15) is 0 Å². The van der Waals surface area contributed by atoms with Gasteiger partial charge in [-0.25, -0.2) is 5.01 Å². The molecule has 2 atom stereocenters. The van der Waals surface area contributed by atoms with Gasteiger partial charge in [-0.2, -0.15) is 5.11 Å². The third-order valence-electron chi connectivity index (χ3n) is 4.08. The van der Waals surface area contributed by atoms with Crippen molar-refractivity contribution in [2.75, 3.05) is 5.01 Å². The van der Waals surface area contributed by atoms with Crippen LogP contribution in [0.1, 0.15) is 44.9 Å². The Bertz CT molecular complexity index is 401. The quantitative estimate of drug-likeness (QED) is 0.720. The summed E-state index contributed by atoms with van der Waals surface area (Å²) in [6.07, 6.45) is 9.18. The molecule has 0 saturated heterocycles. The first-order valence-electron chi connectivity index (χ1n) is 7.20. The van der Waals surface area contributed by atoms with E-state index in [1.807, 2.05) is 0 Å². The number of hydrogen-bond acceptors (Lipinski definition) is 3. The maximum Gasteiger partial charge on any atom is 0.0954 e. The van der Waals surface area contributed by atoms with E-state index in [0.29, 0.717) is 12.1 Å². The minimum atomic E-state index is 0.420. The summed E-state index contributed by atoms with van der Waals surface area (Å²) in [4.78, 5) is 0. The zero-order valence-electron chi connectivity index (χ0n) is 10.8. The fourth-order valence-corrected chi connectivity index (χ4v) is 3.05. The lowest BCUT2D eigenvalue weighted by molar-refractivity contribution is 0.484.